The number of rotatable bonds is 3. The molecule has 0 amide bonds. The summed E-state index contributed by atoms with van der Waals surface area (Å²) in [7, 11) is 0. The van der Waals surface area contributed by atoms with Gasteiger partial charge in [-0.15, -0.1) is 11.6 Å². The Bertz CT molecular complexity index is 525. The van der Waals surface area contributed by atoms with E-state index < -0.39 is 0 Å². The van der Waals surface area contributed by atoms with Gasteiger partial charge >= 0.3 is 0 Å². The van der Waals surface area contributed by atoms with Gasteiger partial charge in [-0.2, -0.15) is 0 Å². The van der Waals surface area contributed by atoms with Gasteiger partial charge in [-0.3, -0.25) is 0 Å². The standard InChI is InChI=1S/C14H12BrClO/c1-10-8-12(7-6-11(10)9-16)17-14-5-3-2-4-13(14)15/h2-8H,9H2,1H3. The smallest absolute Gasteiger partial charge is 0.141 e. The Kier molecular flexibility index (Phi) is 4.08. The average molecular weight is 312 g/mol. The van der Waals surface area contributed by atoms with Crippen molar-refractivity contribution in [1.82, 2.24) is 0 Å². The number of ether oxygens (including phenoxy) is 1. The van der Waals surface area contributed by atoms with Crippen LogP contribution in [0.2, 0.25) is 0 Å². The van der Waals surface area contributed by atoms with Gasteiger partial charge in [-0.25, -0.2) is 0 Å². The molecule has 88 valence electrons. The van der Waals surface area contributed by atoms with Crippen LogP contribution in [0.15, 0.2) is 46.9 Å². The summed E-state index contributed by atoms with van der Waals surface area (Å²) in [4.78, 5) is 0. The molecule has 0 atom stereocenters. The minimum Gasteiger partial charge on any atom is -0.456 e. The monoisotopic (exact) mass is 310 g/mol. The van der Waals surface area contributed by atoms with E-state index in [0.29, 0.717) is 5.88 Å². The normalized spacial score (nSPS) is 10.3. The first-order valence-electron chi connectivity index (χ1n) is 5.28. The largest absolute Gasteiger partial charge is 0.456 e. The van der Waals surface area contributed by atoms with Gasteiger partial charge in [0.05, 0.1) is 4.47 Å². The second-order valence-corrected chi connectivity index (χ2v) is 4.88. The predicted octanol–water partition coefficient (Wildman–Crippen LogP) is 5.29. The van der Waals surface area contributed by atoms with E-state index in [2.05, 4.69) is 15.9 Å². The Morgan fingerprint density at radius 1 is 1.18 bits per heavy atom. The molecule has 0 heterocycles. The third-order valence-electron chi connectivity index (χ3n) is 2.52. The van der Waals surface area contributed by atoms with Gasteiger partial charge in [0.15, 0.2) is 0 Å². The summed E-state index contributed by atoms with van der Waals surface area (Å²) in [5.41, 5.74) is 2.27. The van der Waals surface area contributed by atoms with Crippen LogP contribution in [0, 0.1) is 6.92 Å². The molecule has 17 heavy (non-hydrogen) atoms. The van der Waals surface area contributed by atoms with Crippen molar-refractivity contribution < 1.29 is 4.74 Å². The van der Waals surface area contributed by atoms with E-state index in [1.165, 1.54) is 0 Å². The Morgan fingerprint density at radius 3 is 2.59 bits per heavy atom. The van der Waals surface area contributed by atoms with Crippen molar-refractivity contribution in [3.63, 3.8) is 0 Å². The summed E-state index contributed by atoms with van der Waals surface area (Å²) in [5.74, 6) is 2.16. The molecule has 0 spiro atoms. The van der Waals surface area contributed by atoms with E-state index in [4.69, 9.17) is 16.3 Å². The third-order valence-corrected chi connectivity index (χ3v) is 3.47. The summed E-state index contributed by atoms with van der Waals surface area (Å²) >= 11 is 9.28. The molecule has 0 unspecified atom stereocenters. The quantitative estimate of drug-likeness (QED) is 0.700. The van der Waals surface area contributed by atoms with Gasteiger partial charge in [0.25, 0.3) is 0 Å². The maximum absolute atomic E-state index is 5.82. The lowest BCUT2D eigenvalue weighted by molar-refractivity contribution is 0.479. The highest BCUT2D eigenvalue weighted by Gasteiger charge is 2.03. The fourth-order valence-electron chi connectivity index (χ4n) is 1.54. The van der Waals surface area contributed by atoms with Crippen molar-refractivity contribution in [2.75, 3.05) is 0 Å². The number of hydrogen-bond acceptors (Lipinski definition) is 1. The Labute approximate surface area is 115 Å². The lowest BCUT2D eigenvalue weighted by Gasteiger charge is -2.09. The second kappa shape index (κ2) is 5.56. The van der Waals surface area contributed by atoms with Crippen LogP contribution < -0.4 is 4.74 Å². The lowest BCUT2D eigenvalue weighted by Crippen LogP contribution is -1.89. The van der Waals surface area contributed by atoms with Crippen molar-refractivity contribution in [1.29, 1.82) is 0 Å². The maximum Gasteiger partial charge on any atom is 0.141 e. The van der Waals surface area contributed by atoms with Crippen LogP contribution in [0.5, 0.6) is 11.5 Å². The molecular weight excluding hydrogens is 300 g/mol. The summed E-state index contributed by atoms with van der Waals surface area (Å²) in [6, 6.07) is 13.7. The third kappa shape index (κ3) is 3.02. The second-order valence-electron chi connectivity index (χ2n) is 3.75. The van der Waals surface area contributed by atoms with E-state index in [9.17, 15) is 0 Å². The van der Waals surface area contributed by atoms with Crippen LogP contribution in [0.4, 0.5) is 0 Å². The fourth-order valence-corrected chi connectivity index (χ4v) is 2.20. The first-order valence-corrected chi connectivity index (χ1v) is 6.61. The predicted molar refractivity (Wildman–Crippen MR) is 75.0 cm³/mol. The number of alkyl halides is 1. The summed E-state index contributed by atoms with van der Waals surface area (Å²) in [6.45, 7) is 2.03. The zero-order valence-electron chi connectivity index (χ0n) is 9.41. The van der Waals surface area contributed by atoms with Crippen LogP contribution in [-0.2, 0) is 5.88 Å². The molecule has 0 aromatic heterocycles. The van der Waals surface area contributed by atoms with Gasteiger partial charge in [0.1, 0.15) is 11.5 Å². The van der Waals surface area contributed by atoms with Crippen LogP contribution in [0.3, 0.4) is 0 Å². The van der Waals surface area contributed by atoms with Crippen molar-refractivity contribution in [3.05, 3.63) is 58.1 Å². The number of benzene rings is 2. The first kappa shape index (κ1) is 12.5. The zero-order chi connectivity index (χ0) is 12.3. The molecule has 1 nitrogen and oxygen atoms in total. The molecule has 0 N–H and O–H groups in total. The van der Waals surface area contributed by atoms with E-state index in [0.717, 1.165) is 27.1 Å². The van der Waals surface area contributed by atoms with Gasteiger partial charge in [-0.1, -0.05) is 18.2 Å². The van der Waals surface area contributed by atoms with E-state index in [1.807, 2.05) is 49.4 Å². The molecule has 2 rings (SSSR count). The summed E-state index contributed by atoms with van der Waals surface area (Å²) in [6.07, 6.45) is 0. The van der Waals surface area contributed by atoms with E-state index in [1.54, 1.807) is 0 Å². The van der Waals surface area contributed by atoms with Crippen molar-refractivity contribution in [2.45, 2.75) is 12.8 Å². The highest BCUT2D eigenvalue weighted by molar-refractivity contribution is 9.10. The molecular formula is C14H12BrClO. The van der Waals surface area contributed by atoms with Crippen molar-refractivity contribution >= 4 is 27.5 Å². The molecule has 0 fully saturated rings. The van der Waals surface area contributed by atoms with Gasteiger partial charge in [-0.05, 0) is 58.2 Å². The topological polar surface area (TPSA) is 9.23 Å². The zero-order valence-corrected chi connectivity index (χ0v) is 11.8. The molecule has 0 bridgehead atoms. The van der Waals surface area contributed by atoms with Crippen LogP contribution in [0.1, 0.15) is 11.1 Å². The van der Waals surface area contributed by atoms with Crippen LogP contribution in [-0.4, -0.2) is 0 Å². The highest BCUT2D eigenvalue weighted by atomic mass is 79.9. The Hall–Kier alpha value is -0.990. The molecule has 0 radical (unpaired) electrons. The average Bonchev–Trinajstić information content (AvgIpc) is 2.32. The molecule has 0 saturated carbocycles. The lowest BCUT2D eigenvalue weighted by atomic mass is 10.1. The summed E-state index contributed by atoms with van der Waals surface area (Å²) in [5, 5.41) is 0. The molecule has 2 aromatic carbocycles. The van der Waals surface area contributed by atoms with Gasteiger partial charge in [0.2, 0.25) is 0 Å². The molecule has 3 heteroatoms. The summed E-state index contributed by atoms with van der Waals surface area (Å²) < 4.78 is 6.74. The molecule has 2 aromatic rings. The number of halogens is 2. The van der Waals surface area contributed by atoms with Crippen LogP contribution in [0.25, 0.3) is 0 Å². The minimum absolute atomic E-state index is 0.529. The Balaban J connectivity index is 2.25. The molecule has 0 saturated heterocycles. The molecule has 0 aliphatic carbocycles. The Morgan fingerprint density at radius 2 is 1.94 bits per heavy atom. The fraction of sp³-hybridized carbons (Fsp3) is 0.143. The van der Waals surface area contributed by atoms with Gasteiger partial charge < -0.3 is 4.74 Å². The number of aryl methyl sites for hydroxylation is 1. The first-order chi connectivity index (χ1) is 8.20. The van der Waals surface area contributed by atoms with Gasteiger partial charge in [0, 0.05) is 5.88 Å². The minimum atomic E-state index is 0.529. The SMILES string of the molecule is Cc1cc(Oc2ccccc2Br)ccc1CCl. The van der Waals surface area contributed by atoms with Crippen LogP contribution >= 0.6 is 27.5 Å². The number of hydrogen-bond donors (Lipinski definition) is 0. The molecule has 0 aliphatic rings. The van der Waals surface area contributed by atoms with E-state index >= 15 is 0 Å². The maximum atomic E-state index is 5.82. The van der Waals surface area contributed by atoms with E-state index in [-0.39, 0.29) is 0 Å². The van der Waals surface area contributed by atoms with Crippen molar-refractivity contribution in [3.8, 4) is 11.5 Å². The molecule has 0 aliphatic heterocycles. The highest BCUT2D eigenvalue weighted by Crippen LogP contribution is 2.30. The van der Waals surface area contributed by atoms with Crippen molar-refractivity contribution in [2.24, 2.45) is 0 Å². The number of para-hydroxylation sites is 1.